The standard InChI is InChI=1S/C22H31FN6S/c1-20(2)12-15(13-21(3,4)28-20)29(6)19-27-26-18(30-19)16-8-7-14(11-22(16,5)23)17-9-10-24-25-17/h7-11,15-16,28H,12-13H2,1-6H3,(H,24,25). The molecule has 30 heavy (non-hydrogen) atoms. The molecule has 2 unspecified atom stereocenters. The fourth-order valence-electron chi connectivity index (χ4n) is 4.93. The van der Waals surface area contributed by atoms with Crippen LogP contribution < -0.4 is 10.2 Å². The van der Waals surface area contributed by atoms with E-state index < -0.39 is 11.6 Å². The molecule has 3 heterocycles. The smallest absolute Gasteiger partial charge is 0.208 e. The van der Waals surface area contributed by atoms with Crippen molar-refractivity contribution in [2.75, 3.05) is 11.9 Å². The van der Waals surface area contributed by atoms with Gasteiger partial charge in [0.05, 0.1) is 11.6 Å². The zero-order chi connectivity index (χ0) is 21.7. The van der Waals surface area contributed by atoms with Crippen LogP contribution in [0.2, 0.25) is 0 Å². The van der Waals surface area contributed by atoms with Gasteiger partial charge in [-0.15, -0.1) is 10.2 Å². The number of aromatic amines is 1. The third-order valence-electron chi connectivity index (χ3n) is 6.04. The molecule has 2 atom stereocenters. The topological polar surface area (TPSA) is 69.7 Å². The van der Waals surface area contributed by atoms with Gasteiger partial charge in [-0.3, -0.25) is 5.10 Å². The molecule has 0 bridgehead atoms. The van der Waals surface area contributed by atoms with Gasteiger partial charge in [0, 0.05) is 30.4 Å². The highest BCUT2D eigenvalue weighted by molar-refractivity contribution is 7.15. The number of alkyl halides is 1. The van der Waals surface area contributed by atoms with Crippen LogP contribution in [0.3, 0.4) is 0 Å². The predicted octanol–water partition coefficient (Wildman–Crippen LogP) is 4.47. The Morgan fingerprint density at radius 2 is 1.83 bits per heavy atom. The minimum Gasteiger partial charge on any atom is -0.347 e. The fourth-order valence-corrected chi connectivity index (χ4v) is 6.01. The first-order valence-electron chi connectivity index (χ1n) is 10.4. The van der Waals surface area contributed by atoms with E-state index in [0.717, 1.165) is 29.2 Å². The van der Waals surface area contributed by atoms with Gasteiger partial charge in [-0.2, -0.15) is 5.10 Å². The van der Waals surface area contributed by atoms with Crippen molar-refractivity contribution < 1.29 is 4.39 Å². The number of rotatable bonds is 4. The summed E-state index contributed by atoms with van der Waals surface area (Å²) in [6, 6.07) is 2.19. The Balaban J connectivity index is 1.54. The Morgan fingerprint density at radius 1 is 1.13 bits per heavy atom. The third kappa shape index (κ3) is 4.21. The highest BCUT2D eigenvalue weighted by Gasteiger charge is 2.41. The van der Waals surface area contributed by atoms with Gasteiger partial charge in [0.2, 0.25) is 5.13 Å². The Morgan fingerprint density at radius 3 is 2.43 bits per heavy atom. The molecule has 2 N–H and O–H groups in total. The number of hydrogen-bond donors (Lipinski definition) is 2. The molecule has 2 aromatic rings. The summed E-state index contributed by atoms with van der Waals surface area (Å²) in [6.45, 7) is 10.6. The number of H-pyrrole nitrogens is 1. The molecule has 0 radical (unpaired) electrons. The van der Waals surface area contributed by atoms with E-state index in [2.05, 4.69) is 65.4 Å². The number of halogens is 1. The monoisotopic (exact) mass is 430 g/mol. The maximum absolute atomic E-state index is 15.6. The second-order valence-corrected chi connectivity index (χ2v) is 11.0. The predicted molar refractivity (Wildman–Crippen MR) is 121 cm³/mol. The van der Waals surface area contributed by atoms with Crippen molar-refractivity contribution in [3.63, 3.8) is 0 Å². The maximum Gasteiger partial charge on any atom is 0.208 e. The molecule has 0 saturated carbocycles. The summed E-state index contributed by atoms with van der Waals surface area (Å²) in [5.74, 6) is -0.454. The molecule has 4 rings (SSSR count). The molecule has 1 saturated heterocycles. The van der Waals surface area contributed by atoms with Crippen LogP contribution in [-0.4, -0.2) is 50.2 Å². The summed E-state index contributed by atoms with van der Waals surface area (Å²) in [5.41, 5.74) is 0.151. The summed E-state index contributed by atoms with van der Waals surface area (Å²) in [6.07, 6.45) is 9.17. The Kier molecular flexibility index (Phi) is 5.13. The van der Waals surface area contributed by atoms with E-state index in [-0.39, 0.29) is 11.1 Å². The number of aromatic nitrogens is 4. The molecule has 0 spiro atoms. The molecule has 1 fully saturated rings. The van der Waals surface area contributed by atoms with Crippen LogP contribution in [0.25, 0.3) is 5.57 Å². The van der Waals surface area contributed by atoms with Gasteiger partial charge in [0.15, 0.2) is 0 Å². The SMILES string of the molecule is CN(c1nnc(C2C=CC(c3ccn[nH]3)=CC2(C)F)s1)C1CC(C)(C)NC(C)(C)C1. The minimum atomic E-state index is -1.55. The molecule has 2 aliphatic rings. The van der Waals surface area contributed by atoms with E-state index in [1.54, 1.807) is 19.2 Å². The molecular formula is C22H31FN6S. The van der Waals surface area contributed by atoms with Gasteiger partial charge in [-0.05, 0) is 65.2 Å². The number of anilines is 1. The normalized spacial score (nSPS) is 28.4. The van der Waals surface area contributed by atoms with Gasteiger partial charge in [0.25, 0.3) is 0 Å². The van der Waals surface area contributed by atoms with Crippen molar-refractivity contribution in [3.8, 4) is 0 Å². The first-order valence-corrected chi connectivity index (χ1v) is 11.2. The molecule has 0 amide bonds. The van der Waals surface area contributed by atoms with Crippen LogP contribution in [-0.2, 0) is 0 Å². The van der Waals surface area contributed by atoms with Crippen LogP contribution in [0, 0.1) is 0 Å². The van der Waals surface area contributed by atoms with Crippen molar-refractivity contribution in [1.82, 2.24) is 25.7 Å². The lowest BCUT2D eigenvalue weighted by Gasteiger charge is -2.48. The average Bonchev–Trinajstić information content (AvgIpc) is 3.29. The lowest BCUT2D eigenvalue weighted by molar-refractivity contribution is 0.161. The third-order valence-corrected chi connectivity index (χ3v) is 7.14. The molecular weight excluding hydrogens is 399 g/mol. The van der Waals surface area contributed by atoms with Crippen LogP contribution in [0.4, 0.5) is 9.52 Å². The molecule has 8 heteroatoms. The first-order chi connectivity index (χ1) is 14.0. The zero-order valence-corrected chi connectivity index (χ0v) is 19.3. The number of hydrogen-bond acceptors (Lipinski definition) is 6. The number of piperidine rings is 1. The molecule has 6 nitrogen and oxygen atoms in total. The van der Waals surface area contributed by atoms with E-state index in [1.807, 2.05) is 18.2 Å². The Bertz CT molecular complexity index is 940. The minimum absolute atomic E-state index is 0.0473. The summed E-state index contributed by atoms with van der Waals surface area (Å²) in [5, 5.41) is 20.9. The van der Waals surface area contributed by atoms with Crippen molar-refractivity contribution in [3.05, 3.63) is 41.2 Å². The van der Waals surface area contributed by atoms with E-state index >= 15 is 4.39 Å². The number of allylic oxidation sites excluding steroid dienone is 4. The van der Waals surface area contributed by atoms with Crippen molar-refractivity contribution in [2.45, 2.75) is 76.2 Å². The van der Waals surface area contributed by atoms with Crippen molar-refractivity contribution in [1.29, 1.82) is 0 Å². The zero-order valence-electron chi connectivity index (χ0n) is 18.5. The van der Waals surface area contributed by atoms with Crippen molar-refractivity contribution >= 4 is 22.0 Å². The summed E-state index contributed by atoms with van der Waals surface area (Å²) in [4.78, 5) is 2.22. The van der Waals surface area contributed by atoms with Crippen LogP contribution in [0.5, 0.6) is 0 Å². The fraction of sp³-hybridized carbons (Fsp3) is 0.591. The van der Waals surface area contributed by atoms with Gasteiger partial charge in [-0.25, -0.2) is 4.39 Å². The van der Waals surface area contributed by atoms with Crippen LogP contribution >= 0.6 is 11.3 Å². The number of nitrogens with zero attached hydrogens (tertiary/aromatic N) is 4. The van der Waals surface area contributed by atoms with Gasteiger partial charge in [0.1, 0.15) is 10.7 Å². The van der Waals surface area contributed by atoms with E-state index in [4.69, 9.17) is 0 Å². The van der Waals surface area contributed by atoms with E-state index in [0.29, 0.717) is 11.0 Å². The maximum atomic E-state index is 15.6. The molecule has 0 aromatic carbocycles. The lowest BCUT2D eigenvalue weighted by atomic mass is 9.79. The average molecular weight is 431 g/mol. The summed E-state index contributed by atoms with van der Waals surface area (Å²) < 4.78 is 15.6. The largest absolute Gasteiger partial charge is 0.347 e. The quantitative estimate of drug-likeness (QED) is 0.749. The first kappa shape index (κ1) is 21.2. The number of nitrogens with one attached hydrogen (secondary N) is 2. The van der Waals surface area contributed by atoms with E-state index in [1.165, 1.54) is 11.3 Å². The van der Waals surface area contributed by atoms with Gasteiger partial charge in [-0.1, -0.05) is 23.5 Å². The second kappa shape index (κ2) is 7.27. The highest BCUT2D eigenvalue weighted by atomic mass is 32.1. The van der Waals surface area contributed by atoms with Gasteiger partial charge < -0.3 is 10.2 Å². The van der Waals surface area contributed by atoms with Crippen LogP contribution in [0.1, 0.15) is 64.1 Å². The van der Waals surface area contributed by atoms with Crippen LogP contribution in [0.15, 0.2) is 30.5 Å². The molecule has 162 valence electrons. The highest BCUT2D eigenvalue weighted by Crippen LogP contribution is 2.43. The molecule has 1 aliphatic carbocycles. The van der Waals surface area contributed by atoms with Crippen molar-refractivity contribution in [2.24, 2.45) is 0 Å². The van der Waals surface area contributed by atoms with Gasteiger partial charge >= 0.3 is 0 Å². The summed E-state index contributed by atoms with van der Waals surface area (Å²) in [7, 11) is 2.08. The Hall–Kier alpha value is -2.06. The molecule has 1 aliphatic heterocycles. The molecule has 2 aromatic heterocycles. The Labute approximate surface area is 181 Å². The second-order valence-electron chi connectivity index (χ2n) is 10.0. The summed E-state index contributed by atoms with van der Waals surface area (Å²) >= 11 is 1.49. The van der Waals surface area contributed by atoms with E-state index in [9.17, 15) is 0 Å². The lowest BCUT2D eigenvalue weighted by Crippen LogP contribution is -2.61.